The molecule has 1 aliphatic carbocycles. The third-order valence-electron chi connectivity index (χ3n) is 5.12. The van der Waals surface area contributed by atoms with E-state index in [1.165, 1.54) is 18.6 Å². The molecule has 2 aromatic carbocycles. The first kappa shape index (κ1) is 19.6. The molecule has 0 aromatic heterocycles. The largest absolute Gasteiger partial charge is 0.322 e. The fraction of sp³-hybridized carbons (Fsp3) is 0.381. The second kappa shape index (κ2) is 8.23. The Morgan fingerprint density at radius 3 is 2.22 bits per heavy atom. The van der Waals surface area contributed by atoms with Gasteiger partial charge in [0.2, 0.25) is 10.0 Å². The van der Waals surface area contributed by atoms with Crippen molar-refractivity contribution in [1.82, 2.24) is 4.72 Å². The van der Waals surface area contributed by atoms with Gasteiger partial charge in [0.15, 0.2) is 0 Å². The van der Waals surface area contributed by atoms with Crippen LogP contribution in [0.2, 0.25) is 0 Å². The van der Waals surface area contributed by atoms with Crippen molar-refractivity contribution in [3.05, 3.63) is 59.2 Å². The van der Waals surface area contributed by atoms with Crippen LogP contribution < -0.4 is 10.0 Å². The summed E-state index contributed by atoms with van der Waals surface area (Å²) in [6, 6.07) is 11.8. The summed E-state index contributed by atoms with van der Waals surface area (Å²) in [5.41, 5.74) is 3.40. The zero-order chi connectivity index (χ0) is 19.4. The van der Waals surface area contributed by atoms with Crippen molar-refractivity contribution < 1.29 is 13.2 Å². The zero-order valence-electron chi connectivity index (χ0n) is 15.8. The Bertz CT molecular complexity index is 915. The lowest BCUT2D eigenvalue weighted by molar-refractivity contribution is 0.102. The SMILES string of the molecule is Cc1ccc(NC(=O)c2ccc(S(=O)(=O)NC3CCCCC3)cc2)cc1C. The zero-order valence-corrected chi connectivity index (χ0v) is 16.6. The van der Waals surface area contributed by atoms with Gasteiger partial charge in [0, 0.05) is 17.3 Å². The highest BCUT2D eigenvalue weighted by molar-refractivity contribution is 7.89. The number of carbonyl (C=O) groups is 1. The van der Waals surface area contributed by atoms with Gasteiger partial charge in [-0.2, -0.15) is 0 Å². The van der Waals surface area contributed by atoms with E-state index in [9.17, 15) is 13.2 Å². The van der Waals surface area contributed by atoms with E-state index >= 15 is 0 Å². The number of nitrogens with one attached hydrogen (secondary N) is 2. The summed E-state index contributed by atoms with van der Waals surface area (Å²) in [5, 5.41) is 2.85. The van der Waals surface area contributed by atoms with Gasteiger partial charge in [0.25, 0.3) is 5.91 Å². The number of sulfonamides is 1. The lowest BCUT2D eigenvalue weighted by atomic mass is 9.96. The van der Waals surface area contributed by atoms with Gasteiger partial charge in [0.1, 0.15) is 0 Å². The number of anilines is 1. The minimum atomic E-state index is -3.55. The number of hydrogen-bond acceptors (Lipinski definition) is 3. The molecule has 1 saturated carbocycles. The van der Waals surface area contributed by atoms with E-state index in [0.29, 0.717) is 5.56 Å². The van der Waals surface area contributed by atoms with Gasteiger partial charge in [-0.25, -0.2) is 13.1 Å². The van der Waals surface area contributed by atoms with Crippen molar-refractivity contribution in [3.8, 4) is 0 Å². The van der Waals surface area contributed by atoms with Crippen LogP contribution in [0.5, 0.6) is 0 Å². The minimum absolute atomic E-state index is 0.0107. The quantitative estimate of drug-likeness (QED) is 0.810. The van der Waals surface area contributed by atoms with E-state index in [0.717, 1.165) is 42.5 Å². The number of carbonyl (C=O) groups excluding carboxylic acids is 1. The number of hydrogen-bond donors (Lipinski definition) is 2. The monoisotopic (exact) mass is 386 g/mol. The summed E-state index contributed by atoms with van der Waals surface area (Å²) in [4.78, 5) is 12.6. The third kappa shape index (κ3) is 4.96. The van der Waals surface area contributed by atoms with E-state index in [2.05, 4.69) is 10.0 Å². The van der Waals surface area contributed by atoms with E-state index in [1.54, 1.807) is 12.1 Å². The fourth-order valence-corrected chi connectivity index (χ4v) is 4.62. The first-order valence-electron chi connectivity index (χ1n) is 9.36. The maximum atomic E-state index is 12.5. The van der Waals surface area contributed by atoms with Crippen molar-refractivity contribution in [3.63, 3.8) is 0 Å². The second-order valence-corrected chi connectivity index (χ2v) is 8.95. The fourth-order valence-electron chi connectivity index (χ4n) is 3.32. The first-order chi connectivity index (χ1) is 12.8. The molecule has 1 fully saturated rings. The number of aryl methyl sites for hydroxylation is 2. The molecule has 6 heteroatoms. The average Bonchev–Trinajstić information content (AvgIpc) is 2.65. The average molecular weight is 387 g/mol. The van der Waals surface area contributed by atoms with Crippen LogP contribution in [0, 0.1) is 13.8 Å². The molecule has 0 atom stereocenters. The van der Waals surface area contributed by atoms with Crippen LogP contribution in [-0.4, -0.2) is 20.4 Å². The van der Waals surface area contributed by atoms with E-state index in [1.807, 2.05) is 32.0 Å². The lowest BCUT2D eigenvalue weighted by Gasteiger charge is -2.22. The molecule has 2 N–H and O–H groups in total. The summed E-state index contributed by atoms with van der Waals surface area (Å²) in [5.74, 6) is -0.262. The van der Waals surface area contributed by atoms with Gasteiger partial charge < -0.3 is 5.32 Å². The van der Waals surface area contributed by atoms with Crippen LogP contribution in [0.25, 0.3) is 0 Å². The summed E-state index contributed by atoms with van der Waals surface area (Å²) in [6.45, 7) is 4.01. The molecule has 0 spiro atoms. The molecule has 144 valence electrons. The molecular weight excluding hydrogens is 360 g/mol. The molecule has 0 radical (unpaired) electrons. The molecule has 1 aliphatic rings. The predicted molar refractivity (Wildman–Crippen MR) is 108 cm³/mol. The second-order valence-electron chi connectivity index (χ2n) is 7.23. The van der Waals surface area contributed by atoms with Crippen molar-refractivity contribution in [1.29, 1.82) is 0 Å². The van der Waals surface area contributed by atoms with Crippen LogP contribution >= 0.6 is 0 Å². The van der Waals surface area contributed by atoms with Gasteiger partial charge in [0.05, 0.1) is 4.90 Å². The molecule has 0 heterocycles. The third-order valence-corrected chi connectivity index (χ3v) is 6.65. The molecule has 1 amide bonds. The van der Waals surface area contributed by atoms with E-state index in [4.69, 9.17) is 0 Å². The Morgan fingerprint density at radius 2 is 1.59 bits per heavy atom. The van der Waals surface area contributed by atoms with Crippen molar-refractivity contribution in [2.75, 3.05) is 5.32 Å². The molecule has 0 unspecified atom stereocenters. The molecule has 0 bridgehead atoms. The Kier molecular flexibility index (Phi) is 5.97. The smallest absolute Gasteiger partial charge is 0.255 e. The Morgan fingerprint density at radius 1 is 0.926 bits per heavy atom. The van der Waals surface area contributed by atoms with Crippen LogP contribution in [0.15, 0.2) is 47.4 Å². The minimum Gasteiger partial charge on any atom is -0.322 e. The molecule has 0 saturated heterocycles. The van der Waals surface area contributed by atoms with E-state index < -0.39 is 10.0 Å². The van der Waals surface area contributed by atoms with Gasteiger partial charge in [-0.05, 0) is 74.2 Å². The molecule has 0 aliphatic heterocycles. The maximum absolute atomic E-state index is 12.5. The molecular formula is C21H26N2O3S. The lowest BCUT2D eigenvalue weighted by Crippen LogP contribution is -2.36. The van der Waals surface area contributed by atoms with Crippen LogP contribution in [0.3, 0.4) is 0 Å². The molecule has 27 heavy (non-hydrogen) atoms. The summed E-state index contributed by atoms with van der Waals surface area (Å²) < 4.78 is 27.8. The number of rotatable bonds is 5. The molecule has 3 rings (SSSR count). The van der Waals surface area contributed by atoms with Gasteiger partial charge in [-0.15, -0.1) is 0 Å². The maximum Gasteiger partial charge on any atom is 0.255 e. The van der Waals surface area contributed by atoms with Crippen LogP contribution in [0.4, 0.5) is 5.69 Å². The summed E-state index contributed by atoms with van der Waals surface area (Å²) in [7, 11) is -3.55. The van der Waals surface area contributed by atoms with Gasteiger partial charge >= 0.3 is 0 Å². The topological polar surface area (TPSA) is 75.3 Å². The predicted octanol–water partition coefficient (Wildman–Crippen LogP) is 4.17. The van der Waals surface area contributed by atoms with Gasteiger partial charge in [-0.3, -0.25) is 4.79 Å². The normalized spacial score (nSPS) is 15.5. The number of benzene rings is 2. The Balaban J connectivity index is 1.68. The van der Waals surface area contributed by atoms with Crippen molar-refractivity contribution >= 4 is 21.6 Å². The summed E-state index contributed by atoms with van der Waals surface area (Å²) >= 11 is 0. The van der Waals surface area contributed by atoms with Crippen molar-refractivity contribution in [2.24, 2.45) is 0 Å². The molecule has 5 nitrogen and oxygen atoms in total. The first-order valence-corrected chi connectivity index (χ1v) is 10.8. The van der Waals surface area contributed by atoms with E-state index in [-0.39, 0.29) is 16.8 Å². The molecule has 2 aromatic rings. The van der Waals surface area contributed by atoms with Crippen LogP contribution in [-0.2, 0) is 10.0 Å². The highest BCUT2D eigenvalue weighted by Gasteiger charge is 2.22. The van der Waals surface area contributed by atoms with Gasteiger partial charge in [-0.1, -0.05) is 25.3 Å². The standard InChI is InChI=1S/C21H26N2O3S/c1-15-8-11-19(14-16(15)2)22-21(24)17-9-12-20(13-10-17)27(25,26)23-18-6-4-3-5-7-18/h8-14,18,23H,3-7H2,1-2H3,(H,22,24). The highest BCUT2D eigenvalue weighted by Crippen LogP contribution is 2.20. The summed E-state index contributed by atoms with van der Waals surface area (Å²) in [6.07, 6.45) is 5.06. The number of amides is 1. The van der Waals surface area contributed by atoms with Crippen LogP contribution in [0.1, 0.15) is 53.6 Å². The Hall–Kier alpha value is -2.18. The van der Waals surface area contributed by atoms with Crippen molar-refractivity contribution in [2.45, 2.75) is 56.9 Å². The highest BCUT2D eigenvalue weighted by atomic mass is 32.2. The Labute approximate surface area is 161 Å².